The number of fused-ring (bicyclic) bond motifs is 6. The third-order valence-electron chi connectivity index (χ3n) is 14.1. The van der Waals surface area contributed by atoms with E-state index in [1.165, 1.54) is 51.3 Å². The summed E-state index contributed by atoms with van der Waals surface area (Å²) < 4.78 is 6.72. The molecule has 4 heterocycles. The van der Waals surface area contributed by atoms with Crippen LogP contribution in [0, 0.1) is 41.4 Å². The Morgan fingerprint density at radius 3 is 2.60 bits per heavy atom. The molecule has 50 heavy (non-hydrogen) atoms. The van der Waals surface area contributed by atoms with Crippen LogP contribution in [0.3, 0.4) is 0 Å². The van der Waals surface area contributed by atoms with Crippen LogP contribution in [0.4, 0.5) is 5.82 Å². The molecule has 0 aromatic carbocycles. The highest BCUT2D eigenvalue weighted by atomic mass is 16.5. The molecule has 4 fully saturated rings. The fourth-order valence-electron chi connectivity index (χ4n) is 11.3. The van der Waals surface area contributed by atoms with Crippen LogP contribution in [-0.4, -0.2) is 66.5 Å². The van der Waals surface area contributed by atoms with Gasteiger partial charge in [-0.1, -0.05) is 26.7 Å². The van der Waals surface area contributed by atoms with Crippen LogP contribution in [-0.2, 0) is 16.0 Å². The fourth-order valence-corrected chi connectivity index (χ4v) is 11.3. The quantitative estimate of drug-likeness (QED) is 0.214. The van der Waals surface area contributed by atoms with Gasteiger partial charge in [0, 0.05) is 37.3 Å². The zero-order valence-corrected chi connectivity index (χ0v) is 30.2. The lowest BCUT2D eigenvalue weighted by molar-refractivity contribution is -0.141. The lowest BCUT2D eigenvalue weighted by Gasteiger charge is -2.60. The number of unbranched alkanes of at least 4 members (excludes halogenated alkanes) is 3. The van der Waals surface area contributed by atoms with E-state index in [0.29, 0.717) is 48.0 Å². The average molecular weight is 682 g/mol. The Hall–Kier alpha value is -3.24. The van der Waals surface area contributed by atoms with E-state index in [1.54, 1.807) is 6.20 Å². The van der Waals surface area contributed by atoms with Crippen molar-refractivity contribution in [1.29, 1.82) is 0 Å². The van der Waals surface area contributed by atoms with Crippen molar-refractivity contribution in [3.05, 3.63) is 36.0 Å². The lowest BCUT2D eigenvalue weighted by Crippen LogP contribution is -2.54. The Labute approximate surface area is 296 Å². The number of anilines is 1. The lowest BCUT2D eigenvalue weighted by atomic mass is 9.45. The number of H-pyrrole nitrogens is 1. The summed E-state index contributed by atoms with van der Waals surface area (Å²) in [4.78, 5) is 33.6. The van der Waals surface area contributed by atoms with Crippen molar-refractivity contribution < 1.29 is 14.6 Å². The molecule has 3 aromatic rings. The van der Waals surface area contributed by atoms with E-state index < -0.39 is 0 Å². The smallest absolute Gasteiger partial charge is 0.228 e. The molecule has 0 bridgehead atoms. The van der Waals surface area contributed by atoms with Crippen LogP contribution in [0.5, 0.6) is 0 Å². The van der Waals surface area contributed by atoms with Crippen LogP contribution in [0.1, 0.15) is 115 Å². The number of aryl methyl sites for hydroxylation is 2. The molecule has 268 valence electrons. The van der Waals surface area contributed by atoms with Crippen LogP contribution in [0.15, 0.2) is 24.7 Å². The van der Waals surface area contributed by atoms with Gasteiger partial charge in [0.2, 0.25) is 5.91 Å². The van der Waals surface area contributed by atoms with Crippen molar-refractivity contribution in [3.8, 4) is 22.8 Å². The number of aliphatic hydroxyl groups excluding tert-OH is 1. The van der Waals surface area contributed by atoms with E-state index in [4.69, 9.17) is 19.7 Å². The van der Waals surface area contributed by atoms with Gasteiger partial charge < -0.3 is 9.84 Å². The monoisotopic (exact) mass is 681 g/mol. The van der Waals surface area contributed by atoms with Crippen LogP contribution >= 0.6 is 0 Å². The summed E-state index contributed by atoms with van der Waals surface area (Å²) in [6.07, 6.45) is 20.0. The second-order valence-corrected chi connectivity index (χ2v) is 16.7. The predicted octanol–water partition coefficient (Wildman–Crippen LogP) is 7.26. The van der Waals surface area contributed by atoms with Crippen molar-refractivity contribution >= 4 is 11.7 Å². The van der Waals surface area contributed by atoms with Gasteiger partial charge in [-0.15, -0.1) is 0 Å². The number of carbonyl (C=O) groups is 1. The largest absolute Gasteiger partial charge is 0.393 e. The number of rotatable bonds is 10. The average Bonchev–Trinajstić information content (AvgIpc) is 3.77. The van der Waals surface area contributed by atoms with E-state index in [0.717, 1.165) is 97.1 Å². The molecule has 1 aliphatic heterocycles. The molecule has 1 amide bonds. The van der Waals surface area contributed by atoms with Gasteiger partial charge in [-0.2, -0.15) is 5.10 Å². The van der Waals surface area contributed by atoms with Crippen LogP contribution < -0.4 is 4.90 Å². The molecule has 4 aliphatic carbocycles. The number of nitrogens with zero attached hydrogens (tertiary/aromatic N) is 6. The van der Waals surface area contributed by atoms with Crippen molar-refractivity contribution in [2.24, 2.45) is 34.5 Å². The SMILES string of the molecule is Cc1nc(-c2ncn[nH]2)ccc1-c1cnc2c(n1)N(CCCCCCO[C@H]1CC[C@H]3[C@@H]4CC[C@H]5CC(O)CC[C@]5(C)[C@H]4CC[C@]13C)C(=O)CC2. The molecular formula is C40H55N7O3. The first-order valence-corrected chi connectivity index (χ1v) is 19.5. The Balaban J connectivity index is 0.821. The van der Waals surface area contributed by atoms with Gasteiger partial charge in [0.15, 0.2) is 11.6 Å². The molecule has 2 N–H and O–H groups in total. The zero-order valence-electron chi connectivity index (χ0n) is 30.2. The number of nitrogens with one attached hydrogen (secondary N) is 1. The molecule has 0 spiro atoms. The number of carbonyl (C=O) groups excluding carboxylic acids is 1. The molecular weight excluding hydrogens is 626 g/mol. The Morgan fingerprint density at radius 2 is 1.76 bits per heavy atom. The van der Waals surface area contributed by atoms with Crippen LogP contribution in [0.2, 0.25) is 0 Å². The van der Waals surface area contributed by atoms with Crippen molar-refractivity contribution in [2.75, 3.05) is 18.1 Å². The van der Waals surface area contributed by atoms with Gasteiger partial charge in [-0.25, -0.2) is 15.0 Å². The minimum Gasteiger partial charge on any atom is -0.393 e. The summed E-state index contributed by atoms with van der Waals surface area (Å²) >= 11 is 0. The summed E-state index contributed by atoms with van der Waals surface area (Å²) in [5.74, 6) is 4.64. The molecule has 5 aliphatic rings. The topological polar surface area (TPSA) is 130 Å². The Bertz CT molecular complexity index is 1680. The number of aliphatic hydroxyl groups is 1. The number of ether oxygens (including phenoxy) is 1. The maximum absolute atomic E-state index is 13.1. The van der Waals surface area contributed by atoms with E-state index in [-0.39, 0.29) is 12.0 Å². The minimum atomic E-state index is -0.0708. The van der Waals surface area contributed by atoms with Crippen LogP contribution in [0.25, 0.3) is 22.8 Å². The van der Waals surface area contributed by atoms with E-state index >= 15 is 0 Å². The summed E-state index contributed by atoms with van der Waals surface area (Å²) in [7, 11) is 0. The van der Waals surface area contributed by atoms with Gasteiger partial charge in [0.25, 0.3) is 0 Å². The van der Waals surface area contributed by atoms with Gasteiger partial charge in [0.05, 0.1) is 29.8 Å². The summed E-state index contributed by atoms with van der Waals surface area (Å²) in [5, 5.41) is 17.2. The highest BCUT2D eigenvalue weighted by molar-refractivity contribution is 5.95. The van der Waals surface area contributed by atoms with E-state index in [1.807, 2.05) is 24.0 Å². The molecule has 10 heteroatoms. The van der Waals surface area contributed by atoms with Gasteiger partial charge in [-0.3, -0.25) is 19.8 Å². The first-order valence-electron chi connectivity index (χ1n) is 19.5. The number of hydrogen-bond acceptors (Lipinski definition) is 8. The second-order valence-electron chi connectivity index (χ2n) is 16.7. The summed E-state index contributed by atoms with van der Waals surface area (Å²) in [5.41, 5.74) is 4.79. The number of aromatic amines is 1. The highest BCUT2D eigenvalue weighted by Crippen LogP contribution is 2.66. The maximum atomic E-state index is 13.1. The third kappa shape index (κ3) is 6.08. The molecule has 0 radical (unpaired) electrons. The zero-order chi connectivity index (χ0) is 34.5. The maximum Gasteiger partial charge on any atom is 0.228 e. The molecule has 1 unspecified atom stereocenters. The first kappa shape index (κ1) is 33.9. The fraction of sp³-hybridized carbons (Fsp3) is 0.700. The number of hydrogen-bond donors (Lipinski definition) is 2. The molecule has 8 atom stereocenters. The van der Waals surface area contributed by atoms with Crippen molar-refractivity contribution in [1.82, 2.24) is 30.1 Å². The van der Waals surface area contributed by atoms with Crippen molar-refractivity contribution in [3.63, 3.8) is 0 Å². The Morgan fingerprint density at radius 1 is 0.920 bits per heavy atom. The molecule has 10 nitrogen and oxygen atoms in total. The summed E-state index contributed by atoms with van der Waals surface area (Å²) in [6, 6.07) is 3.89. The second kappa shape index (κ2) is 13.7. The molecule has 3 aromatic heterocycles. The van der Waals surface area contributed by atoms with Gasteiger partial charge >= 0.3 is 0 Å². The Kier molecular flexibility index (Phi) is 9.29. The van der Waals surface area contributed by atoms with E-state index in [9.17, 15) is 9.90 Å². The van der Waals surface area contributed by atoms with Crippen molar-refractivity contribution in [2.45, 2.75) is 129 Å². The summed E-state index contributed by atoms with van der Waals surface area (Å²) in [6.45, 7) is 8.58. The normalized spacial score (nSPS) is 33.4. The first-order chi connectivity index (χ1) is 24.2. The molecule has 8 rings (SSSR count). The minimum absolute atomic E-state index is 0.0708. The number of pyridine rings is 1. The molecule has 0 saturated heterocycles. The molecule has 4 saturated carbocycles. The highest BCUT2D eigenvalue weighted by Gasteiger charge is 2.60. The van der Waals surface area contributed by atoms with E-state index in [2.05, 4.69) is 29.0 Å². The van der Waals surface area contributed by atoms with Gasteiger partial charge in [0.1, 0.15) is 12.0 Å². The number of amides is 1. The standard InChI is InChI=1S/C40H55N7O3/c1-25-28(10-12-32(44-25)37-42-24-43-46-37)34-23-41-33-13-15-36(49)47(38(33)45-34)20-6-4-5-7-21-50-35-14-11-30-29-9-8-26-22-27(48)16-18-39(26,2)31(29)17-19-40(30,35)3/h10,12,23-24,26-27,29-31,35,48H,4-9,11,13-22H2,1-3H3,(H,42,43,46)/t26-,27?,29-,30-,31-,35-,39-,40-/m0/s1. The third-order valence-corrected chi connectivity index (χ3v) is 14.1. The predicted molar refractivity (Wildman–Crippen MR) is 192 cm³/mol. The van der Waals surface area contributed by atoms with Gasteiger partial charge in [-0.05, 0) is 124 Å². The number of aromatic nitrogens is 6.